The number of halogens is 2. The van der Waals surface area contributed by atoms with Crippen molar-refractivity contribution in [2.75, 3.05) is 52.6 Å². The molecule has 0 atom stereocenters. The lowest BCUT2D eigenvalue weighted by molar-refractivity contribution is 0.155. The SMILES string of the molecule is Cc1c(COc2ccc(CN(CCO)CCO)cc2Br)cccc1-c1cccc(COc2ccc(CN(CCO)CCO)cc2Br)c1C. The number of hydrogen-bond donors (Lipinski definition) is 4. The van der Waals surface area contributed by atoms with Gasteiger partial charge < -0.3 is 29.9 Å². The van der Waals surface area contributed by atoms with Gasteiger partial charge in [0.15, 0.2) is 0 Å². The zero-order valence-corrected chi connectivity index (χ0v) is 30.8. The summed E-state index contributed by atoms with van der Waals surface area (Å²) in [6.07, 6.45) is 0. The predicted molar refractivity (Wildman–Crippen MR) is 197 cm³/mol. The molecule has 0 radical (unpaired) electrons. The van der Waals surface area contributed by atoms with Crippen molar-refractivity contribution in [3.8, 4) is 22.6 Å². The quantitative estimate of drug-likeness (QED) is 0.0889. The molecule has 4 aromatic rings. The van der Waals surface area contributed by atoms with Gasteiger partial charge in [0.05, 0.1) is 35.4 Å². The molecule has 0 saturated heterocycles. The first-order valence-corrected chi connectivity index (χ1v) is 17.7. The standard InChI is InChI=1S/C38H46Br2N2O6/c1-27-31(25-47-37-11-9-29(21-35(37)39)23-41(13-17-43)14-18-44)5-3-7-33(27)34-8-4-6-32(28(34)2)26-48-38-12-10-30(22-36(38)40)24-42(15-19-45)16-20-46/h3-12,21-22,43-46H,13-20,23-26H2,1-2H3. The van der Waals surface area contributed by atoms with Crippen molar-refractivity contribution in [2.45, 2.75) is 40.2 Å². The van der Waals surface area contributed by atoms with Crippen molar-refractivity contribution in [3.63, 3.8) is 0 Å². The monoisotopic (exact) mass is 784 g/mol. The molecule has 0 aromatic heterocycles. The maximum Gasteiger partial charge on any atom is 0.134 e. The van der Waals surface area contributed by atoms with Crippen LogP contribution in [0.15, 0.2) is 81.7 Å². The van der Waals surface area contributed by atoms with E-state index in [4.69, 9.17) is 9.47 Å². The second kappa shape index (κ2) is 19.4. The molecule has 0 aliphatic carbocycles. The van der Waals surface area contributed by atoms with E-state index in [1.807, 2.05) is 46.2 Å². The van der Waals surface area contributed by atoms with Gasteiger partial charge in [-0.2, -0.15) is 0 Å². The van der Waals surface area contributed by atoms with E-state index in [2.05, 4.69) is 82.1 Å². The van der Waals surface area contributed by atoms with Gasteiger partial charge in [-0.25, -0.2) is 0 Å². The lowest BCUT2D eigenvalue weighted by Gasteiger charge is -2.21. The summed E-state index contributed by atoms with van der Waals surface area (Å²) < 4.78 is 14.2. The molecule has 8 nitrogen and oxygen atoms in total. The Morgan fingerprint density at radius 2 is 0.917 bits per heavy atom. The van der Waals surface area contributed by atoms with Gasteiger partial charge in [0.25, 0.3) is 0 Å². The van der Waals surface area contributed by atoms with E-state index in [9.17, 15) is 20.4 Å². The fraction of sp³-hybridized carbons (Fsp3) is 0.368. The van der Waals surface area contributed by atoms with Crippen LogP contribution in [0.1, 0.15) is 33.4 Å². The van der Waals surface area contributed by atoms with Gasteiger partial charge in [-0.05, 0) is 114 Å². The van der Waals surface area contributed by atoms with E-state index in [0.29, 0.717) is 52.5 Å². The van der Waals surface area contributed by atoms with Crippen LogP contribution in [0, 0.1) is 13.8 Å². The number of benzene rings is 4. The topological polar surface area (TPSA) is 106 Å². The Hall–Kier alpha value is -2.80. The minimum absolute atomic E-state index is 0.0470. The number of rotatable bonds is 19. The molecule has 0 spiro atoms. The van der Waals surface area contributed by atoms with Crippen molar-refractivity contribution in [2.24, 2.45) is 0 Å². The Morgan fingerprint density at radius 3 is 1.25 bits per heavy atom. The minimum atomic E-state index is 0.0470. The molecule has 0 unspecified atom stereocenters. The second-order valence-electron chi connectivity index (χ2n) is 11.7. The molecule has 4 rings (SSSR count). The maximum absolute atomic E-state index is 9.32. The molecule has 10 heteroatoms. The zero-order chi connectivity index (χ0) is 34.5. The fourth-order valence-electron chi connectivity index (χ4n) is 5.72. The molecule has 0 saturated carbocycles. The molecule has 258 valence electrons. The van der Waals surface area contributed by atoms with Crippen LogP contribution >= 0.6 is 31.9 Å². The molecular formula is C38H46Br2N2O6. The fourth-order valence-corrected chi connectivity index (χ4v) is 6.80. The number of aliphatic hydroxyl groups is 4. The van der Waals surface area contributed by atoms with Gasteiger partial charge in [-0.3, -0.25) is 9.80 Å². The highest BCUT2D eigenvalue weighted by molar-refractivity contribution is 9.10. The van der Waals surface area contributed by atoms with Crippen LogP contribution in [0.25, 0.3) is 11.1 Å². The van der Waals surface area contributed by atoms with E-state index >= 15 is 0 Å². The third-order valence-corrected chi connectivity index (χ3v) is 9.66. The molecule has 0 amide bonds. The summed E-state index contributed by atoms with van der Waals surface area (Å²) >= 11 is 7.32. The molecule has 0 fully saturated rings. The van der Waals surface area contributed by atoms with Crippen LogP contribution in [-0.4, -0.2) is 82.8 Å². The minimum Gasteiger partial charge on any atom is -0.488 e. The van der Waals surface area contributed by atoms with E-state index < -0.39 is 0 Å². The average molecular weight is 787 g/mol. The maximum atomic E-state index is 9.32. The third-order valence-electron chi connectivity index (χ3n) is 8.42. The smallest absolute Gasteiger partial charge is 0.134 e. The van der Waals surface area contributed by atoms with Gasteiger partial charge >= 0.3 is 0 Å². The third kappa shape index (κ3) is 10.6. The zero-order valence-electron chi connectivity index (χ0n) is 27.7. The summed E-state index contributed by atoms with van der Waals surface area (Å²) in [5, 5.41) is 37.3. The summed E-state index contributed by atoms with van der Waals surface area (Å²) in [5.74, 6) is 1.50. The summed E-state index contributed by atoms with van der Waals surface area (Å²) in [6, 6.07) is 24.6. The first kappa shape index (κ1) is 38.0. The van der Waals surface area contributed by atoms with Crippen LogP contribution in [0.5, 0.6) is 11.5 Å². The highest BCUT2D eigenvalue weighted by Crippen LogP contribution is 2.33. The molecule has 0 aliphatic heterocycles. The Kier molecular flexibility index (Phi) is 15.4. The summed E-state index contributed by atoms with van der Waals surface area (Å²) in [7, 11) is 0. The lowest BCUT2D eigenvalue weighted by atomic mass is 9.92. The summed E-state index contributed by atoms with van der Waals surface area (Å²) in [4.78, 5) is 4.02. The van der Waals surface area contributed by atoms with Crippen LogP contribution < -0.4 is 9.47 Å². The molecule has 0 heterocycles. The lowest BCUT2D eigenvalue weighted by Crippen LogP contribution is -2.29. The van der Waals surface area contributed by atoms with E-state index in [1.54, 1.807) is 0 Å². The first-order valence-electron chi connectivity index (χ1n) is 16.2. The molecule has 48 heavy (non-hydrogen) atoms. The van der Waals surface area contributed by atoms with Gasteiger partial charge in [0.2, 0.25) is 0 Å². The Balaban J connectivity index is 1.43. The number of aliphatic hydroxyl groups excluding tert-OH is 4. The average Bonchev–Trinajstić information content (AvgIpc) is 3.06. The number of nitrogens with zero attached hydrogens (tertiary/aromatic N) is 2. The number of hydrogen-bond acceptors (Lipinski definition) is 8. The van der Waals surface area contributed by atoms with Crippen molar-refractivity contribution in [3.05, 3.63) is 115 Å². The Morgan fingerprint density at radius 1 is 0.542 bits per heavy atom. The van der Waals surface area contributed by atoms with Gasteiger partial charge in [-0.15, -0.1) is 0 Å². The van der Waals surface area contributed by atoms with Crippen molar-refractivity contribution in [1.29, 1.82) is 0 Å². The second-order valence-corrected chi connectivity index (χ2v) is 13.4. The van der Waals surface area contributed by atoms with E-state index in [0.717, 1.165) is 65.0 Å². The van der Waals surface area contributed by atoms with Gasteiger partial charge in [0, 0.05) is 39.3 Å². The Labute approximate surface area is 300 Å². The normalized spacial score (nSPS) is 11.5. The van der Waals surface area contributed by atoms with Gasteiger partial charge in [0.1, 0.15) is 24.7 Å². The highest BCUT2D eigenvalue weighted by atomic mass is 79.9. The van der Waals surface area contributed by atoms with Crippen LogP contribution in [0.2, 0.25) is 0 Å². The predicted octanol–water partition coefficient (Wildman–Crippen LogP) is 6.23. The van der Waals surface area contributed by atoms with Crippen molar-refractivity contribution in [1.82, 2.24) is 9.80 Å². The van der Waals surface area contributed by atoms with Crippen LogP contribution in [0.4, 0.5) is 0 Å². The van der Waals surface area contributed by atoms with Crippen LogP contribution in [-0.2, 0) is 26.3 Å². The largest absolute Gasteiger partial charge is 0.488 e. The van der Waals surface area contributed by atoms with Gasteiger partial charge in [-0.1, -0.05) is 48.5 Å². The van der Waals surface area contributed by atoms with Crippen molar-refractivity contribution < 1.29 is 29.9 Å². The summed E-state index contributed by atoms with van der Waals surface area (Å²) in [6.45, 7) is 8.58. The van der Waals surface area contributed by atoms with Crippen molar-refractivity contribution >= 4 is 31.9 Å². The van der Waals surface area contributed by atoms with Crippen LogP contribution in [0.3, 0.4) is 0 Å². The van der Waals surface area contributed by atoms with E-state index in [-0.39, 0.29) is 26.4 Å². The van der Waals surface area contributed by atoms with E-state index in [1.165, 1.54) is 0 Å². The Bertz CT molecular complexity index is 1490. The molecule has 4 aromatic carbocycles. The molecular weight excluding hydrogens is 740 g/mol. The summed E-state index contributed by atoms with van der Waals surface area (Å²) in [5.41, 5.74) is 8.95. The molecule has 4 N–H and O–H groups in total. The first-order chi connectivity index (χ1) is 23.3. The molecule has 0 aliphatic rings. The molecule has 0 bridgehead atoms. The number of ether oxygens (including phenoxy) is 2. The highest BCUT2D eigenvalue weighted by Gasteiger charge is 2.14.